The van der Waals surface area contributed by atoms with Gasteiger partial charge in [0.25, 0.3) is 5.91 Å². The molecule has 4 rings (SSSR count). The predicted octanol–water partition coefficient (Wildman–Crippen LogP) is 3.97. The zero-order valence-corrected chi connectivity index (χ0v) is 17.3. The third kappa shape index (κ3) is 4.11. The number of nitrogens with one attached hydrogen (secondary N) is 1. The molecule has 1 atom stereocenters. The summed E-state index contributed by atoms with van der Waals surface area (Å²) in [5.74, 6) is -4.30. The van der Waals surface area contributed by atoms with Gasteiger partial charge in [0.15, 0.2) is 17.4 Å². The summed E-state index contributed by atoms with van der Waals surface area (Å²) in [6.07, 6.45) is -0.0516. The van der Waals surface area contributed by atoms with Crippen molar-refractivity contribution < 1.29 is 23.2 Å². The molecule has 1 aliphatic heterocycles. The Balaban J connectivity index is 1.54. The molecule has 0 aliphatic carbocycles. The minimum absolute atomic E-state index is 0.0516. The van der Waals surface area contributed by atoms with Gasteiger partial charge in [0.1, 0.15) is 10.9 Å². The molecule has 0 radical (unpaired) electrons. The number of nitrogens with zero attached hydrogens (tertiary/aromatic N) is 1. The Hall–Kier alpha value is -3.39. The van der Waals surface area contributed by atoms with Crippen LogP contribution in [-0.2, 0) is 17.8 Å². The van der Waals surface area contributed by atoms with E-state index in [0.29, 0.717) is 22.0 Å². The molecule has 8 heteroatoms. The molecule has 1 aliphatic rings. The summed E-state index contributed by atoms with van der Waals surface area (Å²) in [5, 5.41) is 3.21. The van der Waals surface area contributed by atoms with Gasteiger partial charge in [-0.25, -0.2) is 8.78 Å². The van der Waals surface area contributed by atoms with E-state index in [2.05, 4.69) is 5.32 Å². The van der Waals surface area contributed by atoms with Crippen molar-refractivity contribution in [2.45, 2.75) is 13.0 Å². The van der Waals surface area contributed by atoms with Crippen LogP contribution < -0.4 is 10.2 Å². The van der Waals surface area contributed by atoms with Gasteiger partial charge in [-0.3, -0.25) is 14.4 Å². The molecule has 0 fully saturated rings. The molecule has 3 aromatic rings. The summed E-state index contributed by atoms with van der Waals surface area (Å²) >= 11 is 1.07. The fraction of sp³-hybridized carbons (Fsp3) is 0.174. The van der Waals surface area contributed by atoms with Gasteiger partial charge in [-0.2, -0.15) is 0 Å². The zero-order chi connectivity index (χ0) is 22.1. The molecule has 2 aromatic carbocycles. The van der Waals surface area contributed by atoms with Gasteiger partial charge in [0, 0.05) is 13.6 Å². The third-order valence-corrected chi connectivity index (χ3v) is 6.38. The van der Waals surface area contributed by atoms with Gasteiger partial charge in [-0.1, -0.05) is 36.4 Å². The molecule has 2 amide bonds. The Kier molecular flexibility index (Phi) is 5.65. The SMILES string of the molecule is CN1C(=O)C(Cc2ccc(F)c(F)c2)C(=O)c2cc(C(=O)NCc3ccccc3)sc21. The monoisotopic (exact) mass is 440 g/mol. The topological polar surface area (TPSA) is 66.5 Å². The molecule has 31 heavy (non-hydrogen) atoms. The second-order valence-corrected chi connectivity index (χ2v) is 8.30. The van der Waals surface area contributed by atoms with Crippen molar-refractivity contribution in [1.29, 1.82) is 0 Å². The molecule has 1 unspecified atom stereocenters. The van der Waals surface area contributed by atoms with Crippen molar-refractivity contribution in [3.05, 3.63) is 87.8 Å². The van der Waals surface area contributed by atoms with Crippen molar-refractivity contribution in [3.63, 3.8) is 0 Å². The van der Waals surface area contributed by atoms with Crippen LogP contribution in [0.25, 0.3) is 0 Å². The first-order valence-electron chi connectivity index (χ1n) is 9.57. The Labute approximate surface area is 181 Å². The summed E-state index contributed by atoms with van der Waals surface area (Å²) in [5.41, 5.74) is 1.56. The van der Waals surface area contributed by atoms with Crippen molar-refractivity contribution in [2.75, 3.05) is 11.9 Å². The number of ketones is 1. The maximum atomic E-state index is 13.5. The van der Waals surface area contributed by atoms with E-state index in [4.69, 9.17) is 0 Å². The maximum absolute atomic E-state index is 13.5. The normalized spacial score (nSPS) is 15.7. The quantitative estimate of drug-likeness (QED) is 0.611. The summed E-state index contributed by atoms with van der Waals surface area (Å²) in [6, 6.07) is 14.2. The van der Waals surface area contributed by atoms with E-state index in [-0.39, 0.29) is 17.9 Å². The number of Topliss-reactive ketones (excluding diaryl/α,β-unsaturated/α-hetero) is 1. The molecule has 158 valence electrons. The van der Waals surface area contributed by atoms with E-state index in [0.717, 1.165) is 29.0 Å². The maximum Gasteiger partial charge on any atom is 0.261 e. The molecule has 1 N–H and O–H groups in total. The lowest BCUT2D eigenvalue weighted by molar-refractivity contribution is -0.120. The largest absolute Gasteiger partial charge is 0.347 e. The number of thiophene rings is 1. The number of hydrogen-bond donors (Lipinski definition) is 1. The number of benzene rings is 2. The highest BCUT2D eigenvalue weighted by molar-refractivity contribution is 7.18. The van der Waals surface area contributed by atoms with Crippen molar-refractivity contribution >= 4 is 33.9 Å². The second kappa shape index (κ2) is 8.39. The van der Waals surface area contributed by atoms with Crippen LogP contribution in [-0.4, -0.2) is 24.6 Å². The van der Waals surface area contributed by atoms with Crippen LogP contribution in [0.5, 0.6) is 0 Å². The van der Waals surface area contributed by atoms with Gasteiger partial charge in [-0.05, 0) is 35.7 Å². The van der Waals surface area contributed by atoms with Crippen molar-refractivity contribution in [2.24, 2.45) is 5.92 Å². The number of halogens is 2. The lowest BCUT2D eigenvalue weighted by atomic mass is 9.88. The third-order valence-electron chi connectivity index (χ3n) is 5.17. The van der Waals surface area contributed by atoms with E-state index in [1.54, 1.807) is 0 Å². The molecule has 0 saturated heterocycles. The van der Waals surface area contributed by atoms with E-state index in [9.17, 15) is 23.2 Å². The molecular weight excluding hydrogens is 422 g/mol. The minimum atomic E-state index is -1.06. The Bertz CT molecular complexity index is 1180. The lowest BCUT2D eigenvalue weighted by Gasteiger charge is -2.28. The number of fused-ring (bicyclic) bond motifs is 1. The van der Waals surface area contributed by atoms with Crippen LogP contribution in [0.1, 0.15) is 31.2 Å². The number of amides is 2. The zero-order valence-electron chi connectivity index (χ0n) is 16.5. The predicted molar refractivity (Wildman–Crippen MR) is 113 cm³/mol. The number of hydrogen-bond acceptors (Lipinski definition) is 4. The van der Waals surface area contributed by atoms with Gasteiger partial charge in [0.05, 0.1) is 10.4 Å². The van der Waals surface area contributed by atoms with E-state index < -0.39 is 29.2 Å². The van der Waals surface area contributed by atoms with Crippen LogP contribution in [0.15, 0.2) is 54.6 Å². The van der Waals surface area contributed by atoms with E-state index >= 15 is 0 Å². The number of carbonyl (C=O) groups excluding carboxylic acids is 3. The van der Waals surface area contributed by atoms with Crippen LogP contribution in [0.4, 0.5) is 13.8 Å². The lowest BCUT2D eigenvalue weighted by Crippen LogP contribution is -2.42. The van der Waals surface area contributed by atoms with Crippen LogP contribution >= 0.6 is 11.3 Å². The Morgan fingerprint density at radius 3 is 2.48 bits per heavy atom. The van der Waals surface area contributed by atoms with Gasteiger partial charge < -0.3 is 10.2 Å². The molecule has 0 spiro atoms. The fourth-order valence-electron chi connectivity index (χ4n) is 3.50. The number of anilines is 1. The van der Waals surface area contributed by atoms with Gasteiger partial charge in [-0.15, -0.1) is 11.3 Å². The summed E-state index contributed by atoms with van der Waals surface area (Å²) in [6.45, 7) is 0.337. The van der Waals surface area contributed by atoms with E-state index in [1.807, 2.05) is 30.3 Å². The summed E-state index contributed by atoms with van der Waals surface area (Å²) in [7, 11) is 1.54. The van der Waals surface area contributed by atoms with Crippen LogP contribution in [0, 0.1) is 17.6 Å². The summed E-state index contributed by atoms with van der Waals surface area (Å²) in [4.78, 5) is 40.0. The Morgan fingerprint density at radius 1 is 1.03 bits per heavy atom. The second-order valence-electron chi connectivity index (χ2n) is 7.26. The first-order valence-corrected chi connectivity index (χ1v) is 10.4. The molecule has 2 heterocycles. The standard InChI is InChI=1S/C23H18F2N2O3S/c1-27-22(30)15(9-14-7-8-17(24)18(25)10-14)20(28)16-11-19(31-23(16)27)21(29)26-12-13-5-3-2-4-6-13/h2-8,10-11,15H,9,12H2,1H3,(H,26,29). The molecule has 5 nitrogen and oxygen atoms in total. The van der Waals surface area contributed by atoms with Crippen LogP contribution in [0.3, 0.4) is 0 Å². The molecule has 0 saturated carbocycles. The average Bonchev–Trinajstić information content (AvgIpc) is 3.23. The highest BCUT2D eigenvalue weighted by atomic mass is 32.1. The average molecular weight is 440 g/mol. The highest BCUT2D eigenvalue weighted by Gasteiger charge is 2.40. The highest BCUT2D eigenvalue weighted by Crippen LogP contribution is 2.38. The fourth-order valence-corrected chi connectivity index (χ4v) is 4.55. The Morgan fingerprint density at radius 2 is 1.77 bits per heavy atom. The summed E-state index contributed by atoms with van der Waals surface area (Å²) < 4.78 is 26.7. The minimum Gasteiger partial charge on any atom is -0.347 e. The van der Waals surface area contributed by atoms with Crippen LogP contribution in [0.2, 0.25) is 0 Å². The number of carbonyl (C=O) groups is 3. The first kappa shape index (κ1) is 20.9. The number of rotatable bonds is 5. The van der Waals surface area contributed by atoms with Gasteiger partial charge in [0.2, 0.25) is 5.91 Å². The van der Waals surface area contributed by atoms with E-state index in [1.165, 1.54) is 24.1 Å². The molecule has 1 aromatic heterocycles. The first-order chi connectivity index (χ1) is 14.8. The molecule has 0 bridgehead atoms. The molecular formula is C23H18F2N2O3S. The van der Waals surface area contributed by atoms with Gasteiger partial charge >= 0.3 is 0 Å². The smallest absolute Gasteiger partial charge is 0.261 e. The van der Waals surface area contributed by atoms with Crippen molar-refractivity contribution in [1.82, 2.24) is 5.32 Å². The van der Waals surface area contributed by atoms with Crippen molar-refractivity contribution in [3.8, 4) is 0 Å².